The molecule has 5 heteroatoms. The molecule has 0 unspecified atom stereocenters. The fourth-order valence-corrected chi connectivity index (χ4v) is 3.44. The minimum Gasteiger partial charge on any atom is -0.317 e. The Hall–Kier alpha value is -0.130. The summed E-state index contributed by atoms with van der Waals surface area (Å²) in [7, 11) is -3.09. The Morgan fingerprint density at radius 1 is 1.25 bits per heavy atom. The van der Waals surface area contributed by atoms with E-state index in [1.807, 2.05) is 0 Å². The third kappa shape index (κ3) is 5.82. The van der Waals surface area contributed by atoms with Crippen LogP contribution < -0.4 is 10.0 Å². The molecule has 0 aliphatic carbocycles. The number of rotatable bonds is 4. The van der Waals surface area contributed by atoms with Gasteiger partial charge in [-0.2, -0.15) is 0 Å². The summed E-state index contributed by atoms with van der Waals surface area (Å²) in [4.78, 5) is 0. The Bertz CT molecular complexity index is 300. The highest BCUT2D eigenvalue weighted by atomic mass is 32.2. The third-order valence-corrected chi connectivity index (χ3v) is 4.24. The zero-order chi connectivity index (χ0) is 12.2. The molecule has 4 nitrogen and oxygen atoms in total. The Morgan fingerprint density at radius 2 is 1.81 bits per heavy atom. The molecular formula is C11H24N2O2S. The van der Waals surface area contributed by atoms with Crippen molar-refractivity contribution in [1.29, 1.82) is 0 Å². The largest absolute Gasteiger partial charge is 0.317 e. The van der Waals surface area contributed by atoms with E-state index in [2.05, 4.69) is 30.8 Å². The SMILES string of the molecule is CC(C)(C)CCS(=O)(=O)NC1CCNCC1. The number of piperidine rings is 1. The average molecular weight is 248 g/mol. The second kappa shape index (κ2) is 5.47. The van der Waals surface area contributed by atoms with E-state index < -0.39 is 10.0 Å². The van der Waals surface area contributed by atoms with Gasteiger partial charge in [-0.15, -0.1) is 0 Å². The second-order valence-electron chi connectivity index (χ2n) is 5.77. The van der Waals surface area contributed by atoms with Crippen LogP contribution in [0.5, 0.6) is 0 Å². The number of hydrogen-bond acceptors (Lipinski definition) is 3. The highest BCUT2D eigenvalue weighted by molar-refractivity contribution is 7.89. The molecule has 0 spiro atoms. The summed E-state index contributed by atoms with van der Waals surface area (Å²) >= 11 is 0. The van der Waals surface area contributed by atoms with Crippen LogP contribution in [0, 0.1) is 5.41 Å². The van der Waals surface area contributed by atoms with Crippen LogP contribution in [0.25, 0.3) is 0 Å². The lowest BCUT2D eigenvalue weighted by atomic mass is 9.94. The molecule has 1 aliphatic rings. The summed E-state index contributed by atoms with van der Waals surface area (Å²) in [5.41, 5.74) is 0.0723. The molecule has 0 aromatic rings. The maximum atomic E-state index is 11.8. The molecule has 0 bridgehead atoms. The van der Waals surface area contributed by atoms with Crippen LogP contribution in [0.15, 0.2) is 0 Å². The molecule has 2 N–H and O–H groups in total. The van der Waals surface area contributed by atoms with Crippen LogP contribution in [0.1, 0.15) is 40.0 Å². The van der Waals surface area contributed by atoms with Gasteiger partial charge < -0.3 is 5.32 Å². The molecule has 0 aromatic heterocycles. The molecule has 0 aromatic carbocycles. The lowest BCUT2D eigenvalue weighted by molar-refractivity contribution is 0.391. The topological polar surface area (TPSA) is 58.2 Å². The van der Waals surface area contributed by atoms with Gasteiger partial charge in [0.1, 0.15) is 0 Å². The molecular weight excluding hydrogens is 224 g/mol. The lowest BCUT2D eigenvalue weighted by Crippen LogP contribution is -2.43. The van der Waals surface area contributed by atoms with Crippen molar-refractivity contribution in [1.82, 2.24) is 10.0 Å². The number of hydrogen-bond donors (Lipinski definition) is 2. The minimum absolute atomic E-state index is 0.0723. The summed E-state index contributed by atoms with van der Waals surface area (Å²) < 4.78 is 26.4. The average Bonchev–Trinajstić information content (AvgIpc) is 2.15. The monoisotopic (exact) mass is 248 g/mol. The first-order chi connectivity index (χ1) is 7.29. The second-order valence-corrected chi connectivity index (χ2v) is 7.65. The van der Waals surface area contributed by atoms with Crippen LogP contribution >= 0.6 is 0 Å². The summed E-state index contributed by atoms with van der Waals surface area (Å²) in [5, 5.41) is 3.22. The molecule has 1 rings (SSSR count). The Kier molecular flexibility index (Phi) is 4.76. The standard InChI is InChI=1S/C11H24N2O2S/c1-11(2,3)6-9-16(14,15)13-10-4-7-12-8-5-10/h10,12-13H,4-9H2,1-3H3. The van der Waals surface area contributed by atoms with Crippen molar-refractivity contribution >= 4 is 10.0 Å². The maximum absolute atomic E-state index is 11.8. The molecule has 1 saturated heterocycles. The van der Waals surface area contributed by atoms with Crippen molar-refractivity contribution in [2.45, 2.75) is 46.1 Å². The highest BCUT2D eigenvalue weighted by Crippen LogP contribution is 2.19. The van der Waals surface area contributed by atoms with Gasteiger partial charge >= 0.3 is 0 Å². The van der Waals surface area contributed by atoms with Crippen LogP contribution in [0.3, 0.4) is 0 Å². The molecule has 1 fully saturated rings. The van der Waals surface area contributed by atoms with Gasteiger partial charge in [0.2, 0.25) is 10.0 Å². The van der Waals surface area contributed by atoms with E-state index in [1.165, 1.54) is 0 Å². The van der Waals surface area contributed by atoms with Crippen molar-refractivity contribution in [3.05, 3.63) is 0 Å². The van der Waals surface area contributed by atoms with E-state index in [0.717, 1.165) is 25.9 Å². The fourth-order valence-electron chi connectivity index (χ4n) is 1.69. The van der Waals surface area contributed by atoms with Gasteiger partial charge in [-0.1, -0.05) is 20.8 Å². The number of sulfonamides is 1. The van der Waals surface area contributed by atoms with Gasteiger partial charge in [0.25, 0.3) is 0 Å². The van der Waals surface area contributed by atoms with E-state index in [1.54, 1.807) is 0 Å². The van der Waals surface area contributed by atoms with E-state index >= 15 is 0 Å². The summed E-state index contributed by atoms with van der Waals surface area (Å²) in [5.74, 6) is 0.237. The van der Waals surface area contributed by atoms with Gasteiger partial charge in [0.15, 0.2) is 0 Å². The van der Waals surface area contributed by atoms with Gasteiger partial charge in [-0.05, 0) is 37.8 Å². The van der Waals surface area contributed by atoms with Crippen LogP contribution in [0.2, 0.25) is 0 Å². The van der Waals surface area contributed by atoms with E-state index in [0.29, 0.717) is 6.42 Å². The maximum Gasteiger partial charge on any atom is 0.211 e. The molecule has 0 saturated carbocycles. The predicted molar refractivity (Wildman–Crippen MR) is 66.9 cm³/mol. The number of nitrogens with one attached hydrogen (secondary N) is 2. The minimum atomic E-state index is -3.09. The fraction of sp³-hybridized carbons (Fsp3) is 1.00. The Labute approximate surface area is 99.2 Å². The molecule has 16 heavy (non-hydrogen) atoms. The third-order valence-electron chi connectivity index (χ3n) is 2.81. The summed E-state index contributed by atoms with van der Waals surface area (Å²) in [6.07, 6.45) is 2.50. The molecule has 0 radical (unpaired) electrons. The first-order valence-electron chi connectivity index (χ1n) is 5.99. The first-order valence-corrected chi connectivity index (χ1v) is 7.64. The van der Waals surface area contributed by atoms with Gasteiger partial charge in [-0.3, -0.25) is 0 Å². The van der Waals surface area contributed by atoms with Gasteiger partial charge in [-0.25, -0.2) is 13.1 Å². The molecule has 96 valence electrons. The van der Waals surface area contributed by atoms with Crippen LogP contribution in [-0.4, -0.2) is 33.3 Å². The van der Waals surface area contributed by atoms with Gasteiger partial charge in [0, 0.05) is 6.04 Å². The van der Waals surface area contributed by atoms with Crippen molar-refractivity contribution < 1.29 is 8.42 Å². The zero-order valence-corrected chi connectivity index (χ0v) is 11.4. The molecule has 0 atom stereocenters. The van der Waals surface area contributed by atoms with Crippen molar-refractivity contribution in [3.8, 4) is 0 Å². The van der Waals surface area contributed by atoms with Crippen LogP contribution in [-0.2, 0) is 10.0 Å². The van der Waals surface area contributed by atoms with E-state index in [-0.39, 0.29) is 17.2 Å². The molecule has 1 heterocycles. The highest BCUT2D eigenvalue weighted by Gasteiger charge is 2.22. The smallest absolute Gasteiger partial charge is 0.211 e. The Balaban J connectivity index is 2.38. The van der Waals surface area contributed by atoms with Crippen molar-refractivity contribution in [2.75, 3.05) is 18.8 Å². The van der Waals surface area contributed by atoms with Crippen molar-refractivity contribution in [3.63, 3.8) is 0 Å². The molecule has 1 aliphatic heterocycles. The van der Waals surface area contributed by atoms with Crippen LogP contribution in [0.4, 0.5) is 0 Å². The predicted octanol–water partition coefficient (Wildman–Crippen LogP) is 1.09. The first kappa shape index (κ1) is 13.9. The summed E-state index contributed by atoms with van der Waals surface area (Å²) in [6, 6.07) is 0.131. The normalized spacial score (nSPS) is 19.9. The zero-order valence-electron chi connectivity index (χ0n) is 10.5. The van der Waals surface area contributed by atoms with E-state index in [9.17, 15) is 8.42 Å². The Morgan fingerprint density at radius 3 is 2.31 bits per heavy atom. The van der Waals surface area contributed by atoms with Gasteiger partial charge in [0.05, 0.1) is 5.75 Å². The summed E-state index contributed by atoms with van der Waals surface area (Å²) in [6.45, 7) is 8.01. The van der Waals surface area contributed by atoms with Crippen molar-refractivity contribution in [2.24, 2.45) is 5.41 Å². The quantitative estimate of drug-likeness (QED) is 0.783. The van der Waals surface area contributed by atoms with E-state index in [4.69, 9.17) is 0 Å². The molecule has 0 amide bonds. The lowest BCUT2D eigenvalue weighted by Gasteiger charge is -2.24.